The molecule has 2 aromatic carbocycles. The number of benzene rings is 2. The monoisotopic (exact) mass is 589 g/mol. The summed E-state index contributed by atoms with van der Waals surface area (Å²) in [7, 11) is -3.91. The van der Waals surface area contributed by atoms with Gasteiger partial charge >= 0.3 is 5.97 Å². The van der Waals surface area contributed by atoms with Gasteiger partial charge in [0.15, 0.2) is 0 Å². The molecule has 1 aromatic heterocycles. The van der Waals surface area contributed by atoms with Gasteiger partial charge in [-0.1, -0.05) is 31.0 Å². The Hall–Kier alpha value is -3.29. The number of rotatable bonds is 18. The van der Waals surface area contributed by atoms with Crippen molar-refractivity contribution in [2.45, 2.75) is 62.9 Å². The van der Waals surface area contributed by atoms with Crippen LogP contribution < -0.4 is 15.8 Å². The summed E-state index contributed by atoms with van der Waals surface area (Å²) in [6.45, 7) is 3.59. The van der Waals surface area contributed by atoms with Gasteiger partial charge in [0.2, 0.25) is 5.56 Å². The quantitative estimate of drug-likeness (QED) is 0.111. The SMILES string of the molecule is CC(=O)ONS(=O)(=O)c1cccc(CCCCOCCCCCCNC[C@@H](O)c2ccc(O)c3[nH]c(=O)ccc23)c1. The van der Waals surface area contributed by atoms with Crippen LogP contribution in [0.25, 0.3) is 10.9 Å². The fourth-order valence-electron chi connectivity index (χ4n) is 4.37. The van der Waals surface area contributed by atoms with Crippen molar-refractivity contribution in [3.63, 3.8) is 0 Å². The number of carbonyl (C=O) groups is 1. The van der Waals surface area contributed by atoms with E-state index in [2.05, 4.69) is 15.1 Å². The lowest BCUT2D eigenvalue weighted by Crippen LogP contribution is -2.26. The Morgan fingerprint density at radius 1 is 1.00 bits per heavy atom. The number of phenolic OH excluding ortho intramolecular Hbond substituents is 1. The summed E-state index contributed by atoms with van der Waals surface area (Å²) in [5.41, 5.74) is 1.54. The van der Waals surface area contributed by atoms with Gasteiger partial charge in [0.25, 0.3) is 10.0 Å². The molecule has 0 amide bonds. The topological polar surface area (TPSA) is 167 Å². The summed E-state index contributed by atoms with van der Waals surface area (Å²) >= 11 is 0. The highest BCUT2D eigenvalue weighted by Gasteiger charge is 2.16. The molecule has 0 fully saturated rings. The van der Waals surface area contributed by atoms with Gasteiger partial charge in [-0.05, 0) is 78.9 Å². The van der Waals surface area contributed by atoms with Crippen LogP contribution in [0.2, 0.25) is 0 Å². The van der Waals surface area contributed by atoms with Crippen molar-refractivity contribution < 1.29 is 33.0 Å². The van der Waals surface area contributed by atoms with E-state index in [0.29, 0.717) is 42.6 Å². The van der Waals surface area contributed by atoms with Gasteiger partial charge in [-0.15, -0.1) is 0 Å². The van der Waals surface area contributed by atoms with Crippen molar-refractivity contribution in [1.82, 2.24) is 15.2 Å². The molecule has 0 saturated carbocycles. The van der Waals surface area contributed by atoms with Crippen molar-refractivity contribution in [2.75, 3.05) is 26.3 Å². The number of aromatic hydroxyl groups is 1. The summed E-state index contributed by atoms with van der Waals surface area (Å²) in [5.74, 6) is -0.768. The van der Waals surface area contributed by atoms with Crippen LogP contribution in [0.15, 0.2) is 58.2 Å². The van der Waals surface area contributed by atoms with E-state index in [9.17, 15) is 28.2 Å². The molecule has 224 valence electrons. The minimum absolute atomic E-state index is 0.0284. The lowest BCUT2D eigenvalue weighted by Gasteiger charge is -2.15. The van der Waals surface area contributed by atoms with Gasteiger partial charge < -0.3 is 30.1 Å². The third-order valence-corrected chi connectivity index (χ3v) is 7.68. The molecule has 5 N–H and O–H groups in total. The number of unbranched alkanes of at least 4 members (excludes halogenated alkanes) is 4. The third kappa shape index (κ3) is 10.6. The Kier molecular flexibility index (Phi) is 12.8. The average molecular weight is 590 g/mol. The van der Waals surface area contributed by atoms with Crippen LogP contribution in [0.4, 0.5) is 0 Å². The van der Waals surface area contributed by atoms with Gasteiger partial charge in [-0.3, -0.25) is 9.59 Å². The summed E-state index contributed by atoms with van der Waals surface area (Å²) in [4.78, 5) is 31.3. The van der Waals surface area contributed by atoms with E-state index in [0.717, 1.165) is 57.6 Å². The minimum atomic E-state index is -3.91. The number of phenols is 1. The molecule has 0 bridgehead atoms. The first kappa shape index (κ1) is 32.2. The first-order valence-electron chi connectivity index (χ1n) is 13.8. The number of pyridine rings is 1. The number of H-pyrrole nitrogens is 1. The summed E-state index contributed by atoms with van der Waals surface area (Å²) in [6.07, 6.45) is 5.70. The number of sulfonamides is 1. The average Bonchev–Trinajstić information content (AvgIpc) is 2.95. The van der Waals surface area contributed by atoms with Gasteiger partial charge in [-0.2, -0.15) is 0 Å². The maximum absolute atomic E-state index is 12.2. The number of ether oxygens (including phenoxy) is 1. The highest BCUT2D eigenvalue weighted by Crippen LogP contribution is 2.28. The molecule has 3 aromatic rings. The first-order valence-corrected chi connectivity index (χ1v) is 15.3. The van der Waals surface area contributed by atoms with Crippen LogP contribution >= 0.6 is 0 Å². The predicted octanol–water partition coefficient (Wildman–Crippen LogP) is 3.21. The number of hydrogen-bond acceptors (Lipinski definition) is 9. The summed E-state index contributed by atoms with van der Waals surface area (Å²) < 4.78 is 30.0. The first-order chi connectivity index (χ1) is 19.7. The van der Waals surface area contributed by atoms with Gasteiger partial charge in [-0.25, -0.2) is 8.42 Å². The molecule has 11 nitrogen and oxygen atoms in total. The zero-order chi connectivity index (χ0) is 29.7. The number of fused-ring (bicyclic) bond motifs is 1. The largest absolute Gasteiger partial charge is 0.506 e. The Morgan fingerprint density at radius 3 is 2.54 bits per heavy atom. The Labute approximate surface area is 239 Å². The van der Waals surface area contributed by atoms with Gasteiger partial charge in [0.1, 0.15) is 5.75 Å². The molecule has 0 spiro atoms. The Bertz CT molecular complexity index is 1440. The minimum Gasteiger partial charge on any atom is -0.506 e. The van der Waals surface area contributed by atoms with E-state index in [1.54, 1.807) is 24.3 Å². The predicted molar refractivity (Wildman–Crippen MR) is 155 cm³/mol. The second-order valence-electron chi connectivity index (χ2n) is 9.82. The maximum Gasteiger partial charge on any atom is 0.323 e. The lowest BCUT2D eigenvalue weighted by atomic mass is 10.0. The molecule has 0 aliphatic heterocycles. The number of aliphatic hydroxyl groups excluding tert-OH is 1. The number of hydrogen-bond donors (Lipinski definition) is 5. The Balaban J connectivity index is 1.21. The molecule has 12 heteroatoms. The summed E-state index contributed by atoms with van der Waals surface area (Å²) in [5, 5.41) is 24.5. The second kappa shape index (κ2) is 16.2. The van der Waals surface area contributed by atoms with E-state index >= 15 is 0 Å². The third-order valence-electron chi connectivity index (χ3n) is 6.50. The molecule has 0 aliphatic carbocycles. The van der Waals surface area contributed by atoms with Gasteiger partial charge in [0.05, 0.1) is 16.5 Å². The van der Waals surface area contributed by atoms with Crippen LogP contribution in [0.5, 0.6) is 5.75 Å². The van der Waals surface area contributed by atoms with E-state index in [-0.39, 0.29) is 16.2 Å². The van der Waals surface area contributed by atoms with Crippen LogP contribution in [0.1, 0.15) is 62.7 Å². The smallest absolute Gasteiger partial charge is 0.323 e. The highest BCUT2D eigenvalue weighted by molar-refractivity contribution is 7.89. The highest BCUT2D eigenvalue weighted by atomic mass is 32.2. The molecule has 3 rings (SSSR count). The molecular formula is C29H39N3O8S. The molecule has 0 saturated heterocycles. The van der Waals surface area contributed by atoms with Crippen molar-refractivity contribution in [1.29, 1.82) is 0 Å². The standard InChI is InChI=1S/C29H39N3O8S/c1-21(33)40-32-41(37,38)23-11-8-10-22(19-23)9-4-7-18-39-17-6-3-2-5-16-30-20-27(35)24-12-14-26(34)29-25(24)13-15-28(36)31-29/h8,10-15,19,27,30,32,34-35H,2-7,9,16-18,20H2,1H3,(H,31,36)/t27-/m1/s1. The lowest BCUT2D eigenvalue weighted by molar-refractivity contribution is -0.144. The van der Waals surface area contributed by atoms with E-state index in [1.165, 1.54) is 18.2 Å². The number of aryl methyl sites for hydroxylation is 1. The Morgan fingerprint density at radius 2 is 1.76 bits per heavy atom. The van der Waals surface area contributed by atoms with Crippen molar-refractivity contribution in [3.8, 4) is 5.75 Å². The normalized spacial score (nSPS) is 12.4. The maximum atomic E-state index is 12.2. The van der Waals surface area contributed by atoms with Crippen LogP contribution in [-0.2, 0) is 30.8 Å². The fraction of sp³-hybridized carbons (Fsp3) is 0.448. The molecule has 0 radical (unpaired) electrons. The van der Waals surface area contributed by atoms with Gasteiger partial charge in [0, 0.05) is 38.1 Å². The van der Waals surface area contributed by atoms with E-state index in [1.807, 2.05) is 11.0 Å². The van der Waals surface area contributed by atoms with E-state index in [4.69, 9.17) is 4.74 Å². The van der Waals surface area contributed by atoms with Crippen molar-refractivity contribution >= 4 is 26.9 Å². The number of nitrogens with one attached hydrogen (secondary N) is 3. The van der Waals surface area contributed by atoms with Crippen LogP contribution in [0, 0.1) is 0 Å². The number of carbonyl (C=O) groups excluding carboxylic acids is 1. The van der Waals surface area contributed by atoms with Crippen molar-refractivity contribution in [3.05, 3.63) is 70.0 Å². The molecule has 41 heavy (non-hydrogen) atoms. The molecule has 1 heterocycles. The number of aliphatic hydroxyl groups is 1. The number of aromatic nitrogens is 1. The van der Waals surface area contributed by atoms with Crippen LogP contribution in [-0.4, -0.2) is 55.9 Å². The molecule has 0 aliphatic rings. The molecule has 1 atom stereocenters. The zero-order valence-corrected chi connectivity index (χ0v) is 24.0. The van der Waals surface area contributed by atoms with Crippen LogP contribution in [0.3, 0.4) is 0 Å². The van der Waals surface area contributed by atoms with E-state index < -0.39 is 22.1 Å². The molecule has 0 unspecified atom stereocenters. The summed E-state index contributed by atoms with van der Waals surface area (Å²) in [6, 6.07) is 12.7. The molecular weight excluding hydrogens is 550 g/mol. The zero-order valence-electron chi connectivity index (χ0n) is 23.2. The second-order valence-corrected chi connectivity index (χ2v) is 11.5. The van der Waals surface area contributed by atoms with Crippen molar-refractivity contribution in [2.24, 2.45) is 0 Å². The number of aromatic amines is 1. The fourth-order valence-corrected chi connectivity index (χ4v) is 5.26.